The minimum absolute atomic E-state index is 0.277. The van der Waals surface area contributed by atoms with E-state index in [0.29, 0.717) is 0 Å². The molecule has 86 valence electrons. The molecule has 0 aromatic rings. The average Bonchev–Trinajstić information content (AvgIpc) is 2.12. The van der Waals surface area contributed by atoms with E-state index in [9.17, 15) is 0 Å². The number of nitrogens with zero attached hydrogens (tertiary/aromatic N) is 1. The summed E-state index contributed by atoms with van der Waals surface area (Å²) in [5.41, 5.74) is 0. The molecule has 0 aliphatic carbocycles. The van der Waals surface area contributed by atoms with Crippen molar-refractivity contribution in [2.45, 2.75) is 40.0 Å². The Balaban J connectivity index is 3.28. The van der Waals surface area contributed by atoms with Gasteiger partial charge in [-0.05, 0) is 31.8 Å². The van der Waals surface area contributed by atoms with Gasteiger partial charge in [0, 0.05) is 6.54 Å². The second-order valence-corrected chi connectivity index (χ2v) is 4.74. The maximum atomic E-state index is 8.71. The van der Waals surface area contributed by atoms with Crippen LogP contribution in [0.5, 0.6) is 0 Å². The molecule has 0 rings (SSSR count). The largest absolute Gasteiger partial charge is 0.395 e. The minimum Gasteiger partial charge on any atom is -0.395 e. The van der Waals surface area contributed by atoms with Gasteiger partial charge in [-0.2, -0.15) is 0 Å². The third-order valence-electron chi connectivity index (χ3n) is 3.07. The molecule has 0 bridgehead atoms. The van der Waals surface area contributed by atoms with E-state index in [1.807, 2.05) is 0 Å². The summed E-state index contributed by atoms with van der Waals surface area (Å²) in [5, 5.41) is 8.71. The normalized spacial score (nSPS) is 13.9. The lowest BCUT2D eigenvalue weighted by Crippen LogP contribution is -2.23. The second kappa shape index (κ2) is 8.25. The minimum atomic E-state index is 0.277. The summed E-state index contributed by atoms with van der Waals surface area (Å²) in [6.07, 6.45) is 3.91. The van der Waals surface area contributed by atoms with Gasteiger partial charge in [-0.1, -0.05) is 33.6 Å². The molecule has 1 atom stereocenters. The first-order valence-electron chi connectivity index (χ1n) is 5.87. The number of hydrogen-bond donors (Lipinski definition) is 1. The van der Waals surface area contributed by atoms with Gasteiger partial charge in [0.25, 0.3) is 0 Å². The van der Waals surface area contributed by atoms with E-state index in [1.54, 1.807) is 0 Å². The van der Waals surface area contributed by atoms with Crippen LogP contribution in [0, 0.1) is 11.8 Å². The molecular formula is C12H27NO. The van der Waals surface area contributed by atoms with Crippen molar-refractivity contribution in [3.63, 3.8) is 0 Å². The number of aliphatic hydroxyl groups is 1. The SMILES string of the molecule is CC(C)[C@@H](C)CCCCN(C)CCO. The van der Waals surface area contributed by atoms with E-state index in [2.05, 4.69) is 32.7 Å². The van der Waals surface area contributed by atoms with E-state index in [4.69, 9.17) is 5.11 Å². The molecule has 14 heavy (non-hydrogen) atoms. The van der Waals surface area contributed by atoms with Gasteiger partial charge in [-0.3, -0.25) is 0 Å². The number of aliphatic hydroxyl groups excluding tert-OH is 1. The highest BCUT2D eigenvalue weighted by molar-refractivity contribution is 4.58. The van der Waals surface area contributed by atoms with Crippen LogP contribution in [0.4, 0.5) is 0 Å². The number of rotatable bonds is 8. The lowest BCUT2D eigenvalue weighted by Gasteiger charge is -2.17. The van der Waals surface area contributed by atoms with E-state index >= 15 is 0 Å². The Labute approximate surface area is 89.3 Å². The average molecular weight is 201 g/mol. The fourth-order valence-corrected chi connectivity index (χ4v) is 1.46. The highest BCUT2D eigenvalue weighted by atomic mass is 16.3. The third-order valence-corrected chi connectivity index (χ3v) is 3.07. The number of unbranched alkanes of at least 4 members (excludes halogenated alkanes) is 1. The summed E-state index contributed by atoms with van der Waals surface area (Å²) in [6.45, 7) is 9.12. The lowest BCUT2D eigenvalue weighted by atomic mass is 9.93. The van der Waals surface area contributed by atoms with Crippen molar-refractivity contribution in [3.05, 3.63) is 0 Å². The monoisotopic (exact) mass is 201 g/mol. The molecule has 0 aromatic heterocycles. The van der Waals surface area contributed by atoms with E-state index in [-0.39, 0.29) is 6.61 Å². The van der Waals surface area contributed by atoms with E-state index in [0.717, 1.165) is 24.9 Å². The maximum Gasteiger partial charge on any atom is 0.0558 e. The molecule has 1 N–H and O–H groups in total. The van der Waals surface area contributed by atoms with Crippen LogP contribution < -0.4 is 0 Å². The van der Waals surface area contributed by atoms with Gasteiger partial charge in [0.05, 0.1) is 6.61 Å². The Kier molecular flexibility index (Phi) is 8.20. The zero-order valence-corrected chi connectivity index (χ0v) is 10.3. The summed E-state index contributed by atoms with van der Waals surface area (Å²) in [5.74, 6) is 1.66. The molecule has 0 spiro atoms. The van der Waals surface area contributed by atoms with Crippen molar-refractivity contribution in [2.24, 2.45) is 11.8 Å². The number of hydrogen-bond acceptors (Lipinski definition) is 2. The van der Waals surface area contributed by atoms with Crippen LogP contribution in [0.15, 0.2) is 0 Å². The summed E-state index contributed by atoms with van der Waals surface area (Å²) in [7, 11) is 2.07. The van der Waals surface area contributed by atoms with E-state index < -0.39 is 0 Å². The molecule has 2 nitrogen and oxygen atoms in total. The second-order valence-electron chi connectivity index (χ2n) is 4.74. The molecule has 0 aromatic carbocycles. The lowest BCUT2D eigenvalue weighted by molar-refractivity contribution is 0.217. The highest BCUT2D eigenvalue weighted by Gasteiger charge is 2.06. The fraction of sp³-hybridized carbons (Fsp3) is 1.00. The molecule has 0 radical (unpaired) electrons. The summed E-state index contributed by atoms with van der Waals surface area (Å²) in [4.78, 5) is 2.19. The van der Waals surface area contributed by atoms with Crippen molar-refractivity contribution in [1.29, 1.82) is 0 Å². The van der Waals surface area contributed by atoms with Crippen LogP contribution in [-0.4, -0.2) is 36.8 Å². The van der Waals surface area contributed by atoms with Crippen molar-refractivity contribution in [3.8, 4) is 0 Å². The Morgan fingerprint density at radius 1 is 1.07 bits per heavy atom. The highest BCUT2D eigenvalue weighted by Crippen LogP contribution is 2.16. The maximum absolute atomic E-state index is 8.71. The predicted octanol–water partition coefficient (Wildman–Crippen LogP) is 2.37. The van der Waals surface area contributed by atoms with Gasteiger partial charge >= 0.3 is 0 Å². The first kappa shape index (κ1) is 13.9. The third kappa shape index (κ3) is 7.34. The van der Waals surface area contributed by atoms with Crippen molar-refractivity contribution < 1.29 is 5.11 Å². The van der Waals surface area contributed by atoms with Crippen molar-refractivity contribution in [1.82, 2.24) is 4.90 Å². The zero-order chi connectivity index (χ0) is 11.0. The molecule has 0 saturated heterocycles. The molecule has 0 fully saturated rings. The van der Waals surface area contributed by atoms with Gasteiger partial charge in [-0.15, -0.1) is 0 Å². The molecule has 2 heteroatoms. The van der Waals surface area contributed by atoms with E-state index in [1.165, 1.54) is 19.3 Å². The van der Waals surface area contributed by atoms with Crippen LogP contribution in [0.25, 0.3) is 0 Å². The van der Waals surface area contributed by atoms with Crippen LogP contribution in [0.2, 0.25) is 0 Å². The van der Waals surface area contributed by atoms with Gasteiger partial charge in [0.1, 0.15) is 0 Å². The molecule has 0 amide bonds. The Bertz CT molecular complexity index is 125. The summed E-state index contributed by atoms with van der Waals surface area (Å²) in [6, 6.07) is 0. The Morgan fingerprint density at radius 2 is 1.71 bits per heavy atom. The standard InChI is InChI=1S/C12H27NO/c1-11(2)12(3)7-5-6-8-13(4)9-10-14/h11-12,14H,5-10H2,1-4H3/t12-/m0/s1. The summed E-state index contributed by atoms with van der Waals surface area (Å²) >= 11 is 0. The van der Waals surface area contributed by atoms with Crippen LogP contribution >= 0.6 is 0 Å². The van der Waals surface area contributed by atoms with Crippen LogP contribution in [0.1, 0.15) is 40.0 Å². The Hall–Kier alpha value is -0.0800. The number of likely N-dealkylation sites (N-methyl/N-ethyl adjacent to an activating group) is 1. The van der Waals surface area contributed by atoms with Crippen molar-refractivity contribution in [2.75, 3.05) is 26.7 Å². The predicted molar refractivity (Wildman–Crippen MR) is 62.4 cm³/mol. The fourth-order valence-electron chi connectivity index (χ4n) is 1.46. The molecule has 0 unspecified atom stereocenters. The van der Waals surface area contributed by atoms with Gasteiger partial charge in [-0.25, -0.2) is 0 Å². The van der Waals surface area contributed by atoms with Gasteiger partial charge in [0.15, 0.2) is 0 Å². The molecule has 0 aliphatic heterocycles. The first-order chi connectivity index (χ1) is 6.57. The van der Waals surface area contributed by atoms with Gasteiger partial charge in [0.2, 0.25) is 0 Å². The quantitative estimate of drug-likeness (QED) is 0.609. The smallest absolute Gasteiger partial charge is 0.0558 e. The first-order valence-corrected chi connectivity index (χ1v) is 5.87. The summed E-state index contributed by atoms with van der Waals surface area (Å²) < 4.78 is 0. The zero-order valence-electron chi connectivity index (χ0n) is 10.3. The molecular weight excluding hydrogens is 174 g/mol. The van der Waals surface area contributed by atoms with Crippen LogP contribution in [-0.2, 0) is 0 Å². The van der Waals surface area contributed by atoms with Crippen LogP contribution in [0.3, 0.4) is 0 Å². The van der Waals surface area contributed by atoms with Gasteiger partial charge < -0.3 is 10.0 Å². The Morgan fingerprint density at radius 3 is 2.21 bits per heavy atom. The molecule has 0 heterocycles. The molecule has 0 saturated carbocycles. The topological polar surface area (TPSA) is 23.5 Å². The van der Waals surface area contributed by atoms with Crippen molar-refractivity contribution >= 4 is 0 Å². The molecule has 0 aliphatic rings.